The number of carbonyl (C=O) groups is 1. The monoisotopic (exact) mass is 193 g/mol. The Bertz CT molecular complexity index is 308. The van der Waals surface area contributed by atoms with Crippen LogP contribution < -0.4 is 11.1 Å². The maximum absolute atomic E-state index is 10.6. The Morgan fingerprint density at radius 1 is 1.64 bits per heavy atom. The Morgan fingerprint density at radius 3 is 2.86 bits per heavy atom. The van der Waals surface area contributed by atoms with E-state index < -0.39 is 6.03 Å². The molecule has 1 heterocycles. The first-order valence-electron chi connectivity index (χ1n) is 4.46. The molecule has 0 aliphatic rings. The summed E-state index contributed by atoms with van der Waals surface area (Å²) in [6.07, 6.45) is 3.52. The van der Waals surface area contributed by atoms with E-state index in [4.69, 9.17) is 5.73 Å². The molecule has 0 aliphatic carbocycles. The zero-order chi connectivity index (χ0) is 10.6. The van der Waals surface area contributed by atoms with Gasteiger partial charge in [-0.05, 0) is 11.6 Å². The van der Waals surface area contributed by atoms with Crippen molar-refractivity contribution in [2.45, 2.75) is 19.3 Å². The van der Waals surface area contributed by atoms with Crippen molar-refractivity contribution in [3.8, 4) is 0 Å². The van der Waals surface area contributed by atoms with Crippen LogP contribution in [0, 0.1) is 0 Å². The lowest BCUT2D eigenvalue weighted by Crippen LogP contribution is -2.39. The van der Waals surface area contributed by atoms with E-state index in [0.29, 0.717) is 6.54 Å². The van der Waals surface area contributed by atoms with Crippen LogP contribution in [0.4, 0.5) is 4.79 Å². The molecule has 0 fully saturated rings. The van der Waals surface area contributed by atoms with Crippen molar-refractivity contribution in [2.75, 3.05) is 6.54 Å². The molecule has 0 aromatic carbocycles. The molecule has 3 N–H and O–H groups in total. The fraction of sp³-hybridized carbons (Fsp3) is 0.400. The second-order valence-corrected chi connectivity index (χ2v) is 3.84. The van der Waals surface area contributed by atoms with Crippen molar-refractivity contribution in [2.24, 2.45) is 5.73 Å². The van der Waals surface area contributed by atoms with E-state index in [9.17, 15) is 4.79 Å². The van der Waals surface area contributed by atoms with Crippen LogP contribution in [0.2, 0.25) is 0 Å². The quantitative estimate of drug-likeness (QED) is 0.752. The summed E-state index contributed by atoms with van der Waals surface area (Å²) in [4.78, 5) is 14.6. The number of nitrogens with zero attached hydrogens (tertiary/aromatic N) is 1. The lowest BCUT2D eigenvalue weighted by Gasteiger charge is -2.24. The molecule has 0 bridgehead atoms. The normalized spacial score (nSPS) is 11.0. The molecule has 0 saturated heterocycles. The van der Waals surface area contributed by atoms with Crippen LogP contribution in [-0.2, 0) is 5.41 Å². The van der Waals surface area contributed by atoms with Gasteiger partial charge >= 0.3 is 6.03 Å². The minimum Gasteiger partial charge on any atom is -0.352 e. The Morgan fingerprint density at radius 2 is 2.36 bits per heavy atom. The molecule has 1 aromatic rings. The minimum atomic E-state index is -0.498. The van der Waals surface area contributed by atoms with E-state index in [2.05, 4.69) is 10.3 Å². The van der Waals surface area contributed by atoms with E-state index in [0.717, 1.165) is 5.56 Å². The number of urea groups is 1. The van der Waals surface area contributed by atoms with Crippen LogP contribution in [0.15, 0.2) is 24.5 Å². The highest BCUT2D eigenvalue weighted by Crippen LogP contribution is 2.20. The smallest absolute Gasteiger partial charge is 0.312 e. The van der Waals surface area contributed by atoms with Crippen LogP contribution >= 0.6 is 0 Å². The van der Waals surface area contributed by atoms with E-state index in [-0.39, 0.29) is 5.41 Å². The predicted molar refractivity (Wildman–Crippen MR) is 54.8 cm³/mol. The second-order valence-electron chi connectivity index (χ2n) is 3.84. The first-order valence-corrected chi connectivity index (χ1v) is 4.46. The molecule has 0 saturated carbocycles. The van der Waals surface area contributed by atoms with Gasteiger partial charge < -0.3 is 11.1 Å². The van der Waals surface area contributed by atoms with E-state index in [1.54, 1.807) is 12.4 Å². The Labute approximate surface area is 83.5 Å². The number of nitrogens with one attached hydrogen (secondary N) is 1. The van der Waals surface area contributed by atoms with Gasteiger partial charge in [0.15, 0.2) is 0 Å². The molecule has 0 radical (unpaired) electrons. The van der Waals surface area contributed by atoms with Gasteiger partial charge in [0.1, 0.15) is 0 Å². The van der Waals surface area contributed by atoms with Gasteiger partial charge in [0.05, 0.1) is 0 Å². The molecule has 1 aromatic heterocycles. The van der Waals surface area contributed by atoms with Gasteiger partial charge in [0.2, 0.25) is 0 Å². The number of amides is 2. The summed E-state index contributed by atoms with van der Waals surface area (Å²) in [5, 5.41) is 2.60. The number of rotatable bonds is 3. The fourth-order valence-corrected chi connectivity index (χ4v) is 1.17. The highest BCUT2D eigenvalue weighted by atomic mass is 16.2. The molecule has 76 valence electrons. The van der Waals surface area contributed by atoms with Gasteiger partial charge in [0.25, 0.3) is 0 Å². The largest absolute Gasteiger partial charge is 0.352 e. The maximum Gasteiger partial charge on any atom is 0.312 e. The van der Waals surface area contributed by atoms with Crippen molar-refractivity contribution in [3.63, 3.8) is 0 Å². The highest BCUT2D eigenvalue weighted by molar-refractivity contribution is 5.71. The van der Waals surface area contributed by atoms with Crippen LogP contribution in [0.5, 0.6) is 0 Å². The first-order chi connectivity index (χ1) is 6.52. The molecule has 0 atom stereocenters. The average molecular weight is 193 g/mol. The van der Waals surface area contributed by atoms with E-state index in [1.165, 1.54) is 0 Å². The van der Waals surface area contributed by atoms with Crippen molar-refractivity contribution >= 4 is 6.03 Å². The number of aromatic nitrogens is 1. The molecule has 4 nitrogen and oxygen atoms in total. The average Bonchev–Trinajstić information content (AvgIpc) is 2.16. The number of hydrogen-bond acceptors (Lipinski definition) is 2. The van der Waals surface area contributed by atoms with Gasteiger partial charge in [-0.15, -0.1) is 0 Å². The van der Waals surface area contributed by atoms with Crippen LogP contribution in [0.25, 0.3) is 0 Å². The molecule has 1 rings (SSSR count). The van der Waals surface area contributed by atoms with Gasteiger partial charge in [0, 0.05) is 24.4 Å². The third-order valence-corrected chi connectivity index (χ3v) is 2.15. The standard InChI is InChI=1S/C10H15N3O/c1-10(2,7-13-9(11)14)8-4-3-5-12-6-8/h3-6H,7H2,1-2H3,(H3,11,13,14). The van der Waals surface area contributed by atoms with Gasteiger partial charge in [-0.25, -0.2) is 4.79 Å². The zero-order valence-electron chi connectivity index (χ0n) is 8.45. The van der Waals surface area contributed by atoms with Crippen molar-refractivity contribution in [3.05, 3.63) is 30.1 Å². The molecule has 0 aliphatic heterocycles. The molecule has 0 spiro atoms. The Hall–Kier alpha value is -1.58. The molecular formula is C10H15N3O. The lowest BCUT2D eigenvalue weighted by molar-refractivity contribution is 0.246. The van der Waals surface area contributed by atoms with Gasteiger partial charge in [-0.2, -0.15) is 0 Å². The van der Waals surface area contributed by atoms with E-state index >= 15 is 0 Å². The summed E-state index contributed by atoms with van der Waals surface area (Å²) >= 11 is 0. The number of hydrogen-bond donors (Lipinski definition) is 2. The number of primary amides is 1. The Kier molecular flexibility index (Phi) is 3.06. The van der Waals surface area contributed by atoms with E-state index in [1.807, 2.05) is 26.0 Å². The summed E-state index contributed by atoms with van der Waals surface area (Å²) < 4.78 is 0. The summed E-state index contributed by atoms with van der Waals surface area (Å²) in [6, 6.07) is 3.36. The molecule has 0 unspecified atom stereocenters. The van der Waals surface area contributed by atoms with Crippen molar-refractivity contribution in [1.82, 2.24) is 10.3 Å². The van der Waals surface area contributed by atoms with Crippen LogP contribution in [-0.4, -0.2) is 17.6 Å². The highest BCUT2D eigenvalue weighted by Gasteiger charge is 2.20. The number of carbonyl (C=O) groups excluding carboxylic acids is 1. The second kappa shape index (κ2) is 4.09. The number of nitrogens with two attached hydrogens (primary N) is 1. The third-order valence-electron chi connectivity index (χ3n) is 2.15. The van der Waals surface area contributed by atoms with Gasteiger partial charge in [-0.3, -0.25) is 4.98 Å². The summed E-state index contributed by atoms with van der Waals surface area (Å²) in [6.45, 7) is 4.56. The van der Waals surface area contributed by atoms with Crippen LogP contribution in [0.1, 0.15) is 19.4 Å². The topological polar surface area (TPSA) is 68.0 Å². The summed E-state index contributed by atoms with van der Waals surface area (Å²) in [7, 11) is 0. The van der Waals surface area contributed by atoms with Crippen molar-refractivity contribution < 1.29 is 4.79 Å². The summed E-state index contributed by atoms with van der Waals surface area (Å²) in [5.74, 6) is 0. The zero-order valence-corrected chi connectivity index (χ0v) is 8.45. The lowest BCUT2D eigenvalue weighted by atomic mass is 9.86. The SMILES string of the molecule is CC(C)(CNC(N)=O)c1cccnc1. The van der Waals surface area contributed by atoms with Crippen molar-refractivity contribution in [1.29, 1.82) is 0 Å². The molecule has 14 heavy (non-hydrogen) atoms. The predicted octanol–water partition coefficient (Wildman–Crippen LogP) is 1.03. The maximum atomic E-state index is 10.6. The Balaban J connectivity index is 2.70. The minimum absolute atomic E-state index is 0.150. The number of pyridine rings is 1. The van der Waals surface area contributed by atoms with Crippen LogP contribution in [0.3, 0.4) is 0 Å². The van der Waals surface area contributed by atoms with Gasteiger partial charge in [-0.1, -0.05) is 19.9 Å². The summed E-state index contributed by atoms with van der Waals surface area (Å²) in [5.41, 5.74) is 5.94. The third kappa shape index (κ3) is 2.73. The molecular weight excluding hydrogens is 178 g/mol. The molecule has 2 amide bonds. The fourth-order valence-electron chi connectivity index (χ4n) is 1.17. The first kappa shape index (κ1) is 10.5. The molecule has 4 heteroatoms.